The van der Waals surface area contributed by atoms with E-state index in [1.165, 1.54) is 19.3 Å². The maximum absolute atomic E-state index is 12.9. The van der Waals surface area contributed by atoms with Gasteiger partial charge in [0.1, 0.15) is 10.6 Å². The summed E-state index contributed by atoms with van der Waals surface area (Å²) >= 11 is 0. The van der Waals surface area contributed by atoms with Crippen molar-refractivity contribution in [1.82, 2.24) is 14.4 Å². The molecule has 1 aromatic rings. The van der Waals surface area contributed by atoms with Crippen LogP contribution in [0.2, 0.25) is 0 Å². The summed E-state index contributed by atoms with van der Waals surface area (Å²) in [4.78, 5) is 2.65. The summed E-state index contributed by atoms with van der Waals surface area (Å²) in [6, 6.07) is 0. The van der Waals surface area contributed by atoms with Crippen LogP contribution in [-0.2, 0) is 10.0 Å². The van der Waals surface area contributed by atoms with Gasteiger partial charge in [-0.05, 0) is 71.5 Å². The molecule has 0 aromatic carbocycles. The molecule has 0 aliphatic carbocycles. The van der Waals surface area contributed by atoms with E-state index >= 15 is 0 Å². The summed E-state index contributed by atoms with van der Waals surface area (Å²) in [6.45, 7) is 6.85. The van der Waals surface area contributed by atoms with Crippen LogP contribution in [0.4, 0.5) is 0 Å². The van der Waals surface area contributed by atoms with E-state index in [9.17, 15) is 8.42 Å². The summed E-state index contributed by atoms with van der Waals surface area (Å²) in [5.74, 6) is 0.388. The Morgan fingerprint density at radius 3 is 2.30 bits per heavy atom. The monoisotopic (exact) mass is 341 g/mol. The first kappa shape index (κ1) is 16.9. The summed E-state index contributed by atoms with van der Waals surface area (Å²) in [7, 11) is -1.31. The average molecular weight is 341 g/mol. The van der Waals surface area contributed by atoms with Gasteiger partial charge >= 0.3 is 0 Å². The minimum absolute atomic E-state index is 0.258. The normalized spacial score (nSPS) is 24.0. The van der Waals surface area contributed by atoms with Gasteiger partial charge in [0.15, 0.2) is 5.76 Å². The lowest BCUT2D eigenvalue weighted by molar-refractivity contribution is 0.132. The molecule has 2 saturated heterocycles. The molecule has 3 rings (SSSR count). The average Bonchev–Trinajstić information content (AvgIpc) is 2.75. The van der Waals surface area contributed by atoms with Gasteiger partial charge in [0, 0.05) is 13.1 Å². The number of aryl methyl sites for hydroxylation is 2. The van der Waals surface area contributed by atoms with Crippen molar-refractivity contribution >= 4 is 10.0 Å². The zero-order chi connectivity index (χ0) is 16.7. The van der Waals surface area contributed by atoms with Crippen LogP contribution >= 0.6 is 0 Å². The molecule has 0 saturated carbocycles. The number of hydrogen-bond acceptors (Lipinski definition) is 5. The Bertz CT molecular complexity index is 641. The molecule has 2 aliphatic rings. The number of hydrogen-bond donors (Lipinski definition) is 0. The van der Waals surface area contributed by atoms with Crippen molar-refractivity contribution in [3.63, 3.8) is 0 Å². The summed E-state index contributed by atoms with van der Waals surface area (Å²) in [5, 5.41) is 3.79. The van der Waals surface area contributed by atoms with Gasteiger partial charge < -0.3 is 9.42 Å². The molecule has 6 nitrogen and oxygen atoms in total. The van der Waals surface area contributed by atoms with E-state index in [-0.39, 0.29) is 4.90 Å². The van der Waals surface area contributed by atoms with Gasteiger partial charge in [-0.3, -0.25) is 0 Å². The maximum atomic E-state index is 12.9. The summed E-state index contributed by atoms with van der Waals surface area (Å²) in [5.41, 5.74) is 0.786. The second kappa shape index (κ2) is 6.18. The van der Waals surface area contributed by atoms with Gasteiger partial charge in [0.05, 0.1) is 0 Å². The third-order valence-electron chi connectivity index (χ3n) is 5.62. The highest BCUT2D eigenvalue weighted by Gasteiger charge is 2.40. The summed E-state index contributed by atoms with van der Waals surface area (Å²) in [6.07, 6.45) is 5.54. The lowest BCUT2D eigenvalue weighted by atomic mass is 9.73. The first-order valence-electron chi connectivity index (χ1n) is 8.46. The molecule has 0 bridgehead atoms. The number of nitrogens with zero attached hydrogens (tertiary/aromatic N) is 3. The van der Waals surface area contributed by atoms with E-state index in [1.54, 1.807) is 18.2 Å². The number of likely N-dealkylation sites (tertiary alicyclic amines) is 1. The van der Waals surface area contributed by atoms with Gasteiger partial charge in [-0.1, -0.05) is 5.16 Å². The molecular formula is C16H27N3O3S. The minimum Gasteiger partial charge on any atom is -0.360 e. The highest BCUT2D eigenvalue weighted by atomic mass is 32.2. The highest BCUT2D eigenvalue weighted by molar-refractivity contribution is 7.89. The number of sulfonamides is 1. The first-order chi connectivity index (χ1) is 10.8. The molecule has 0 atom stereocenters. The van der Waals surface area contributed by atoms with Crippen LogP contribution in [0.1, 0.15) is 43.6 Å². The van der Waals surface area contributed by atoms with E-state index in [0.717, 1.165) is 25.9 Å². The minimum atomic E-state index is -3.49. The fourth-order valence-electron chi connectivity index (χ4n) is 4.06. The molecule has 0 unspecified atom stereocenters. The van der Waals surface area contributed by atoms with Crippen molar-refractivity contribution in [2.75, 3.05) is 33.2 Å². The zero-order valence-electron chi connectivity index (χ0n) is 14.3. The molecule has 0 N–H and O–H groups in total. The Morgan fingerprint density at radius 1 is 1.04 bits per heavy atom. The van der Waals surface area contributed by atoms with Crippen LogP contribution in [0.3, 0.4) is 0 Å². The molecule has 130 valence electrons. The van der Waals surface area contributed by atoms with Crippen molar-refractivity contribution in [2.45, 2.75) is 50.8 Å². The van der Waals surface area contributed by atoms with E-state index in [1.807, 2.05) is 0 Å². The molecule has 1 aromatic heterocycles. The van der Waals surface area contributed by atoms with Crippen LogP contribution in [0, 0.1) is 19.3 Å². The number of aromatic nitrogens is 1. The van der Waals surface area contributed by atoms with Gasteiger partial charge in [-0.2, -0.15) is 4.31 Å². The SMILES string of the molecule is Cc1noc(C)c1S(=O)(=O)N1CCC2(CCCN(C)CC2)CC1. The van der Waals surface area contributed by atoms with Crippen molar-refractivity contribution in [1.29, 1.82) is 0 Å². The predicted octanol–water partition coefficient (Wildman–Crippen LogP) is 2.18. The Labute approximate surface area is 138 Å². The Morgan fingerprint density at radius 2 is 1.70 bits per heavy atom. The molecule has 2 fully saturated rings. The quantitative estimate of drug-likeness (QED) is 0.825. The first-order valence-corrected chi connectivity index (χ1v) is 9.90. The van der Waals surface area contributed by atoms with Gasteiger partial charge in [-0.15, -0.1) is 0 Å². The van der Waals surface area contributed by atoms with E-state index in [0.29, 0.717) is 30.0 Å². The lowest BCUT2D eigenvalue weighted by Crippen LogP contribution is -2.43. The Balaban J connectivity index is 1.74. The third kappa shape index (κ3) is 3.19. The van der Waals surface area contributed by atoms with Crippen LogP contribution in [0.5, 0.6) is 0 Å². The molecular weight excluding hydrogens is 314 g/mol. The molecule has 7 heteroatoms. The largest absolute Gasteiger partial charge is 0.360 e. The van der Waals surface area contributed by atoms with E-state index < -0.39 is 10.0 Å². The van der Waals surface area contributed by atoms with Crippen molar-refractivity contribution in [3.05, 3.63) is 11.5 Å². The van der Waals surface area contributed by atoms with Gasteiger partial charge in [0.25, 0.3) is 0 Å². The van der Waals surface area contributed by atoms with Crippen molar-refractivity contribution in [3.8, 4) is 0 Å². The maximum Gasteiger partial charge on any atom is 0.248 e. The topological polar surface area (TPSA) is 66.7 Å². The van der Waals surface area contributed by atoms with Crippen LogP contribution in [0.25, 0.3) is 0 Å². The van der Waals surface area contributed by atoms with E-state index in [4.69, 9.17) is 4.52 Å². The Hall–Kier alpha value is -0.920. The Kier molecular flexibility index (Phi) is 4.55. The van der Waals surface area contributed by atoms with E-state index in [2.05, 4.69) is 17.1 Å². The highest BCUT2D eigenvalue weighted by Crippen LogP contribution is 2.42. The molecule has 23 heavy (non-hydrogen) atoms. The second-order valence-corrected chi connectivity index (χ2v) is 9.09. The molecule has 0 amide bonds. The lowest BCUT2D eigenvalue weighted by Gasteiger charge is -2.41. The van der Waals surface area contributed by atoms with Crippen LogP contribution < -0.4 is 0 Å². The van der Waals surface area contributed by atoms with Crippen molar-refractivity contribution < 1.29 is 12.9 Å². The molecule has 0 radical (unpaired) electrons. The molecule has 3 heterocycles. The van der Waals surface area contributed by atoms with Crippen LogP contribution in [0.15, 0.2) is 9.42 Å². The van der Waals surface area contributed by atoms with Gasteiger partial charge in [-0.25, -0.2) is 8.42 Å². The second-order valence-electron chi connectivity index (χ2n) is 7.21. The summed E-state index contributed by atoms with van der Waals surface area (Å²) < 4.78 is 32.5. The molecule has 2 aliphatic heterocycles. The fraction of sp³-hybridized carbons (Fsp3) is 0.812. The van der Waals surface area contributed by atoms with Crippen LogP contribution in [-0.4, -0.2) is 56.0 Å². The fourth-order valence-corrected chi connectivity index (χ4v) is 5.79. The number of rotatable bonds is 2. The third-order valence-corrected chi connectivity index (χ3v) is 7.76. The molecule has 1 spiro atoms. The van der Waals surface area contributed by atoms with Gasteiger partial charge in [0.2, 0.25) is 10.0 Å². The standard InChI is InChI=1S/C16H27N3O3S/c1-13-15(14(2)22-17-13)23(20,21)19-11-7-16(8-12-19)5-4-9-18(3)10-6-16/h4-12H2,1-3H3. The van der Waals surface area contributed by atoms with Crippen molar-refractivity contribution in [2.24, 2.45) is 5.41 Å². The predicted molar refractivity (Wildman–Crippen MR) is 87.8 cm³/mol. The smallest absolute Gasteiger partial charge is 0.248 e. The number of piperidine rings is 1. The zero-order valence-corrected chi connectivity index (χ0v) is 15.2.